The van der Waals surface area contributed by atoms with E-state index in [2.05, 4.69) is 11.7 Å². The molecule has 0 spiro atoms. The number of carbonyl (C=O) groups excluding carboxylic acids is 1. The summed E-state index contributed by atoms with van der Waals surface area (Å²) < 4.78 is 41.0. The molecule has 7 heteroatoms. The molecule has 1 fully saturated rings. The van der Waals surface area contributed by atoms with Crippen LogP contribution in [-0.4, -0.2) is 29.5 Å². The molecular weight excluding hydrogens is 327 g/mol. The van der Waals surface area contributed by atoms with Gasteiger partial charge in [0.1, 0.15) is 11.1 Å². The van der Waals surface area contributed by atoms with Gasteiger partial charge in [0.05, 0.1) is 5.75 Å². The van der Waals surface area contributed by atoms with E-state index >= 15 is 0 Å². The molecule has 1 heterocycles. The highest BCUT2D eigenvalue weighted by Gasteiger charge is 2.34. The molecule has 0 bridgehead atoms. The van der Waals surface area contributed by atoms with Crippen molar-refractivity contribution >= 4 is 17.7 Å². The van der Waals surface area contributed by atoms with Gasteiger partial charge in [-0.3, -0.25) is 4.79 Å². The van der Waals surface area contributed by atoms with E-state index < -0.39 is 6.36 Å². The van der Waals surface area contributed by atoms with Crippen LogP contribution in [0.2, 0.25) is 0 Å². The molecule has 1 saturated heterocycles. The molecule has 1 aliphatic rings. The molecular formula is C16H20F3NO2S. The molecule has 1 unspecified atom stereocenters. The highest BCUT2D eigenvalue weighted by Crippen LogP contribution is 2.40. The fourth-order valence-corrected chi connectivity index (χ4v) is 3.75. The summed E-state index contributed by atoms with van der Waals surface area (Å²) >= 11 is 1.44. The first kappa shape index (κ1) is 18.0. The zero-order valence-corrected chi connectivity index (χ0v) is 13.8. The van der Waals surface area contributed by atoms with E-state index in [0.29, 0.717) is 17.9 Å². The average Bonchev–Trinajstić information content (AvgIpc) is 2.83. The first-order valence-electron chi connectivity index (χ1n) is 7.67. The maximum absolute atomic E-state index is 12.3. The molecule has 1 aromatic carbocycles. The van der Waals surface area contributed by atoms with E-state index in [1.807, 2.05) is 0 Å². The smallest absolute Gasteiger partial charge is 0.406 e. The molecule has 0 aromatic heterocycles. The molecule has 1 aliphatic heterocycles. The van der Waals surface area contributed by atoms with Crippen LogP contribution in [0.3, 0.4) is 0 Å². The lowest BCUT2D eigenvalue weighted by Crippen LogP contribution is -2.29. The van der Waals surface area contributed by atoms with Gasteiger partial charge in [-0.1, -0.05) is 38.3 Å². The summed E-state index contributed by atoms with van der Waals surface area (Å²) in [4.78, 5) is 13.8. The predicted molar refractivity (Wildman–Crippen MR) is 84.2 cm³/mol. The maximum atomic E-state index is 12.3. The van der Waals surface area contributed by atoms with Gasteiger partial charge >= 0.3 is 6.36 Å². The third-order valence-electron chi connectivity index (χ3n) is 3.60. The lowest BCUT2D eigenvalue weighted by Gasteiger charge is -2.24. The summed E-state index contributed by atoms with van der Waals surface area (Å²) in [5, 5.41) is -0.235. The van der Waals surface area contributed by atoms with E-state index in [-0.39, 0.29) is 17.0 Å². The van der Waals surface area contributed by atoms with Crippen LogP contribution in [0.4, 0.5) is 13.2 Å². The number of carbonyl (C=O) groups is 1. The Hall–Kier alpha value is -1.37. The van der Waals surface area contributed by atoms with Gasteiger partial charge in [-0.2, -0.15) is 0 Å². The number of amides is 1. The molecule has 3 nitrogen and oxygen atoms in total. The first-order valence-corrected chi connectivity index (χ1v) is 8.72. The van der Waals surface area contributed by atoms with Gasteiger partial charge in [-0.15, -0.1) is 24.9 Å². The summed E-state index contributed by atoms with van der Waals surface area (Å²) in [6.07, 6.45) is -0.515. The Balaban J connectivity index is 2.06. The molecule has 0 radical (unpaired) electrons. The van der Waals surface area contributed by atoms with E-state index in [0.717, 1.165) is 25.7 Å². The number of thioether (sulfide) groups is 1. The standard InChI is InChI=1S/C16H20F3NO2S/c1-2-3-4-5-9-20-14(21)11-23-15(20)12-7-6-8-13(10-12)22-16(17,18)19/h6-8,10,15H,2-5,9,11H2,1H3. The summed E-state index contributed by atoms with van der Waals surface area (Å²) in [5.74, 6) is 0.155. The number of ether oxygens (including phenoxy) is 1. The molecule has 2 rings (SSSR count). The minimum atomic E-state index is -4.71. The quantitative estimate of drug-likeness (QED) is 0.667. The van der Waals surface area contributed by atoms with E-state index in [1.54, 1.807) is 11.0 Å². The summed E-state index contributed by atoms with van der Waals surface area (Å²) in [5.41, 5.74) is 0.665. The van der Waals surface area contributed by atoms with Gasteiger partial charge in [0.2, 0.25) is 5.91 Å². The van der Waals surface area contributed by atoms with Gasteiger partial charge in [0, 0.05) is 6.54 Å². The lowest BCUT2D eigenvalue weighted by atomic mass is 10.1. The zero-order valence-electron chi connectivity index (χ0n) is 12.9. The van der Waals surface area contributed by atoms with Crippen molar-refractivity contribution in [2.24, 2.45) is 0 Å². The Morgan fingerprint density at radius 2 is 2.09 bits per heavy atom. The molecule has 0 N–H and O–H groups in total. The summed E-state index contributed by atoms with van der Waals surface area (Å²) in [7, 11) is 0. The number of hydrogen-bond donors (Lipinski definition) is 0. The number of benzene rings is 1. The Kier molecular flexibility index (Phi) is 6.21. The first-order chi connectivity index (χ1) is 10.9. The van der Waals surface area contributed by atoms with Crippen LogP contribution < -0.4 is 4.74 Å². The van der Waals surface area contributed by atoms with Crippen LogP contribution in [0.5, 0.6) is 5.75 Å². The Morgan fingerprint density at radius 1 is 1.30 bits per heavy atom. The normalized spacial score (nSPS) is 18.5. The summed E-state index contributed by atoms with van der Waals surface area (Å²) in [6, 6.07) is 5.89. The van der Waals surface area contributed by atoms with Crippen molar-refractivity contribution in [2.45, 2.75) is 44.3 Å². The number of halogens is 3. The molecule has 0 aliphatic carbocycles. The van der Waals surface area contributed by atoms with Crippen molar-refractivity contribution in [1.29, 1.82) is 0 Å². The predicted octanol–water partition coefficient (Wildman–Crippen LogP) is 4.74. The van der Waals surface area contributed by atoms with Crippen molar-refractivity contribution < 1.29 is 22.7 Å². The van der Waals surface area contributed by atoms with Crippen LogP contribution in [0.1, 0.15) is 43.5 Å². The molecule has 1 aromatic rings. The number of nitrogens with zero attached hydrogens (tertiary/aromatic N) is 1. The van der Waals surface area contributed by atoms with Crippen molar-refractivity contribution in [3.05, 3.63) is 29.8 Å². The maximum Gasteiger partial charge on any atom is 0.573 e. The van der Waals surface area contributed by atoms with Gasteiger partial charge < -0.3 is 9.64 Å². The number of rotatable bonds is 7. The minimum Gasteiger partial charge on any atom is -0.406 e. The highest BCUT2D eigenvalue weighted by atomic mass is 32.2. The van der Waals surface area contributed by atoms with E-state index in [1.165, 1.54) is 30.0 Å². The zero-order chi connectivity index (χ0) is 16.9. The number of unbranched alkanes of at least 4 members (excludes halogenated alkanes) is 3. The SMILES string of the molecule is CCCCCCN1C(=O)CSC1c1cccc(OC(F)(F)F)c1. The Bertz CT molecular complexity index is 536. The van der Waals surface area contributed by atoms with Crippen LogP contribution in [0.25, 0.3) is 0 Å². The molecule has 128 valence electrons. The van der Waals surface area contributed by atoms with Gasteiger partial charge in [-0.25, -0.2) is 0 Å². The van der Waals surface area contributed by atoms with Gasteiger partial charge in [0.25, 0.3) is 0 Å². The largest absolute Gasteiger partial charge is 0.573 e. The van der Waals surface area contributed by atoms with Crippen molar-refractivity contribution in [3.63, 3.8) is 0 Å². The van der Waals surface area contributed by atoms with Gasteiger partial charge in [0.15, 0.2) is 0 Å². The van der Waals surface area contributed by atoms with Gasteiger partial charge in [-0.05, 0) is 24.1 Å². The molecule has 0 saturated carbocycles. The second-order valence-electron chi connectivity index (χ2n) is 5.43. The molecule has 23 heavy (non-hydrogen) atoms. The van der Waals surface area contributed by atoms with Crippen molar-refractivity contribution in [1.82, 2.24) is 4.90 Å². The topological polar surface area (TPSA) is 29.5 Å². The van der Waals surface area contributed by atoms with Crippen LogP contribution in [0.15, 0.2) is 24.3 Å². The average molecular weight is 347 g/mol. The Labute approximate surface area is 138 Å². The van der Waals surface area contributed by atoms with Crippen molar-refractivity contribution in [2.75, 3.05) is 12.3 Å². The van der Waals surface area contributed by atoms with E-state index in [9.17, 15) is 18.0 Å². The number of alkyl halides is 3. The van der Waals surface area contributed by atoms with Crippen LogP contribution in [-0.2, 0) is 4.79 Å². The highest BCUT2D eigenvalue weighted by molar-refractivity contribution is 8.00. The summed E-state index contributed by atoms with van der Waals surface area (Å²) in [6.45, 7) is 2.76. The van der Waals surface area contributed by atoms with Crippen LogP contribution in [0, 0.1) is 0 Å². The monoisotopic (exact) mass is 347 g/mol. The second-order valence-corrected chi connectivity index (χ2v) is 6.50. The fraction of sp³-hybridized carbons (Fsp3) is 0.562. The fourth-order valence-electron chi connectivity index (χ4n) is 2.55. The van der Waals surface area contributed by atoms with Crippen molar-refractivity contribution in [3.8, 4) is 5.75 Å². The third-order valence-corrected chi connectivity index (χ3v) is 4.85. The molecule has 1 atom stereocenters. The molecule has 1 amide bonds. The minimum absolute atomic E-state index is 0.0404. The lowest BCUT2D eigenvalue weighted by molar-refractivity contribution is -0.274. The Morgan fingerprint density at radius 3 is 2.78 bits per heavy atom. The van der Waals surface area contributed by atoms with E-state index in [4.69, 9.17) is 0 Å². The third kappa shape index (κ3) is 5.34. The number of hydrogen-bond acceptors (Lipinski definition) is 3. The van der Waals surface area contributed by atoms with Crippen LogP contribution >= 0.6 is 11.8 Å². The second kappa shape index (κ2) is 7.95.